The number of carbonyl (C=O) groups is 2. The molecule has 0 bridgehead atoms. The van der Waals surface area contributed by atoms with Gasteiger partial charge in [0.1, 0.15) is 6.61 Å². The van der Waals surface area contributed by atoms with Gasteiger partial charge in [-0.05, 0) is 0 Å². The Bertz CT molecular complexity index is 219. The predicted octanol–water partition coefficient (Wildman–Crippen LogP) is -1.33. The summed E-state index contributed by atoms with van der Waals surface area (Å²) in [4.78, 5) is 22.6. The number of ether oxygens (including phenoxy) is 1. The molecule has 1 atom stereocenters. The number of hydrogen-bond donors (Lipinski definition) is 2. The summed E-state index contributed by atoms with van der Waals surface area (Å²) in [5.74, 6) is -0.583. The smallest absolute Gasteiger partial charge is 0.410 e. The van der Waals surface area contributed by atoms with Gasteiger partial charge in [-0.25, -0.2) is 4.79 Å². The van der Waals surface area contributed by atoms with Gasteiger partial charge < -0.3 is 20.5 Å². The number of carbonyl (C=O) groups excluding carboxylic acids is 2. The Kier molecular flexibility index (Phi) is 3.07. The first-order valence-corrected chi connectivity index (χ1v) is 3.97. The van der Waals surface area contributed by atoms with Gasteiger partial charge in [0, 0.05) is 0 Å². The third-order valence-electron chi connectivity index (χ3n) is 1.71. The van der Waals surface area contributed by atoms with E-state index in [0.717, 1.165) is 0 Å². The third kappa shape index (κ3) is 2.90. The highest BCUT2D eigenvalue weighted by molar-refractivity contribution is 5.74. The number of primary amides is 1. The van der Waals surface area contributed by atoms with Gasteiger partial charge in [0.05, 0.1) is 25.6 Å². The summed E-state index contributed by atoms with van der Waals surface area (Å²) in [7, 11) is 0. The molecule has 1 saturated heterocycles. The molecule has 1 aliphatic rings. The Hall–Kier alpha value is -1.30. The first-order valence-electron chi connectivity index (χ1n) is 3.97. The quantitative estimate of drug-likeness (QED) is 0.572. The molecule has 1 fully saturated rings. The minimum absolute atomic E-state index is 0.0990. The Morgan fingerprint density at radius 1 is 1.77 bits per heavy atom. The zero-order chi connectivity index (χ0) is 9.84. The number of cyclic esters (lactones) is 1. The molecule has 0 saturated carbocycles. The molecular formula is C7H12N2O4. The largest absolute Gasteiger partial charge is 0.448 e. The fourth-order valence-electron chi connectivity index (χ4n) is 1.14. The standard InChI is InChI=1S/C7H12N2O4/c8-6(11)3-5(10)4-9-1-2-13-7(9)12/h5,10H,1-4H2,(H2,8,11)/t5-/m1/s1. The maximum atomic E-state index is 10.9. The van der Waals surface area contributed by atoms with Gasteiger partial charge in [0.15, 0.2) is 0 Å². The third-order valence-corrected chi connectivity index (χ3v) is 1.71. The molecule has 74 valence electrons. The summed E-state index contributed by atoms with van der Waals surface area (Å²) < 4.78 is 4.63. The second kappa shape index (κ2) is 4.08. The fourth-order valence-corrected chi connectivity index (χ4v) is 1.14. The van der Waals surface area contributed by atoms with Crippen molar-refractivity contribution in [3.63, 3.8) is 0 Å². The highest BCUT2D eigenvalue weighted by Crippen LogP contribution is 2.05. The van der Waals surface area contributed by atoms with Crippen molar-refractivity contribution in [2.24, 2.45) is 5.73 Å². The van der Waals surface area contributed by atoms with Crippen molar-refractivity contribution >= 4 is 12.0 Å². The molecule has 0 aliphatic carbocycles. The second-order valence-corrected chi connectivity index (χ2v) is 2.88. The van der Waals surface area contributed by atoms with Crippen molar-refractivity contribution in [3.8, 4) is 0 Å². The van der Waals surface area contributed by atoms with E-state index >= 15 is 0 Å². The molecule has 0 unspecified atom stereocenters. The summed E-state index contributed by atoms with van der Waals surface area (Å²) in [6.07, 6.45) is -1.49. The SMILES string of the molecule is NC(=O)C[C@@H](O)CN1CCOC1=O. The summed E-state index contributed by atoms with van der Waals surface area (Å²) in [6.45, 7) is 0.887. The van der Waals surface area contributed by atoms with E-state index in [2.05, 4.69) is 4.74 Å². The average Bonchev–Trinajstić information content (AvgIpc) is 2.34. The Balaban J connectivity index is 2.30. The zero-order valence-corrected chi connectivity index (χ0v) is 7.10. The van der Waals surface area contributed by atoms with Crippen LogP contribution in [0, 0.1) is 0 Å². The lowest BCUT2D eigenvalue weighted by atomic mass is 10.2. The van der Waals surface area contributed by atoms with Crippen LogP contribution >= 0.6 is 0 Å². The first kappa shape index (κ1) is 9.79. The van der Waals surface area contributed by atoms with Crippen LogP contribution in [-0.2, 0) is 9.53 Å². The van der Waals surface area contributed by atoms with Crippen LogP contribution in [0.15, 0.2) is 0 Å². The molecule has 6 nitrogen and oxygen atoms in total. The summed E-state index contributed by atoms with van der Waals surface area (Å²) in [6, 6.07) is 0. The molecule has 2 amide bonds. The Morgan fingerprint density at radius 2 is 2.46 bits per heavy atom. The molecule has 1 aliphatic heterocycles. The van der Waals surface area contributed by atoms with Crippen LogP contribution in [0.4, 0.5) is 4.79 Å². The molecule has 0 aromatic rings. The lowest BCUT2D eigenvalue weighted by Gasteiger charge is -2.15. The molecule has 13 heavy (non-hydrogen) atoms. The van der Waals surface area contributed by atoms with E-state index in [0.29, 0.717) is 13.2 Å². The molecule has 3 N–H and O–H groups in total. The van der Waals surface area contributed by atoms with E-state index in [1.54, 1.807) is 0 Å². The zero-order valence-electron chi connectivity index (χ0n) is 7.10. The lowest BCUT2D eigenvalue weighted by molar-refractivity contribution is -0.120. The Labute approximate surface area is 75.3 Å². The molecular weight excluding hydrogens is 176 g/mol. The molecule has 6 heteroatoms. The normalized spacial score (nSPS) is 18.5. The molecule has 1 rings (SSSR count). The highest BCUT2D eigenvalue weighted by atomic mass is 16.6. The van der Waals surface area contributed by atoms with Gasteiger partial charge in [0.25, 0.3) is 0 Å². The van der Waals surface area contributed by atoms with Crippen molar-refractivity contribution < 1.29 is 19.4 Å². The number of rotatable bonds is 4. The van der Waals surface area contributed by atoms with Crippen molar-refractivity contribution in [1.29, 1.82) is 0 Å². The van der Waals surface area contributed by atoms with Crippen LogP contribution in [0.1, 0.15) is 6.42 Å². The van der Waals surface area contributed by atoms with Crippen LogP contribution < -0.4 is 5.73 Å². The predicted molar refractivity (Wildman–Crippen MR) is 42.7 cm³/mol. The fraction of sp³-hybridized carbons (Fsp3) is 0.714. The number of aliphatic hydroxyl groups is 1. The van der Waals surface area contributed by atoms with E-state index in [9.17, 15) is 14.7 Å². The average molecular weight is 188 g/mol. The molecule has 0 aromatic heterocycles. The van der Waals surface area contributed by atoms with Crippen molar-refractivity contribution in [3.05, 3.63) is 0 Å². The van der Waals surface area contributed by atoms with Gasteiger partial charge in [-0.2, -0.15) is 0 Å². The molecule has 0 radical (unpaired) electrons. The van der Waals surface area contributed by atoms with Gasteiger partial charge in [0.2, 0.25) is 5.91 Å². The van der Waals surface area contributed by atoms with Gasteiger partial charge in [-0.1, -0.05) is 0 Å². The number of aliphatic hydroxyl groups excluding tert-OH is 1. The van der Waals surface area contributed by atoms with Crippen LogP contribution in [0.5, 0.6) is 0 Å². The molecule has 0 spiro atoms. The maximum Gasteiger partial charge on any atom is 0.410 e. The summed E-state index contributed by atoms with van der Waals surface area (Å²) in [5.41, 5.74) is 4.87. The number of nitrogens with zero attached hydrogens (tertiary/aromatic N) is 1. The number of hydrogen-bond acceptors (Lipinski definition) is 4. The van der Waals surface area contributed by atoms with Crippen molar-refractivity contribution in [1.82, 2.24) is 4.90 Å². The van der Waals surface area contributed by atoms with Crippen molar-refractivity contribution in [2.75, 3.05) is 19.7 Å². The van der Waals surface area contributed by atoms with Crippen LogP contribution in [-0.4, -0.2) is 47.8 Å². The number of amides is 2. The molecule has 0 aromatic carbocycles. The monoisotopic (exact) mass is 188 g/mol. The topological polar surface area (TPSA) is 92.9 Å². The summed E-state index contributed by atoms with van der Waals surface area (Å²) in [5, 5.41) is 9.25. The maximum absolute atomic E-state index is 10.9. The van der Waals surface area contributed by atoms with E-state index in [4.69, 9.17) is 5.73 Å². The van der Waals surface area contributed by atoms with Gasteiger partial charge in [-0.15, -0.1) is 0 Å². The van der Waals surface area contributed by atoms with E-state index < -0.39 is 18.1 Å². The highest BCUT2D eigenvalue weighted by Gasteiger charge is 2.24. The lowest BCUT2D eigenvalue weighted by Crippen LogP contribution is -2.35. The van der Waals surface area contributed by atoms with E-state index in [1.165, 1.54) is 4.90 Å². The first-order chi connectivity index (χ1) is 6.09. The van der Waals surface area contributed by atoms with E-state index in [1.807, 2.05) is 0 Å². The van der Waals surface area contributed by atoms with Gasteiger partial charge >= 0.3 is 6.09 Å². The van der Waals surface area contributed by atoms with E-state index in [-0.39, 0.29) is 13.0 Å². The minimum Gasteiger partial charge on any atom is -0.448 e. The second-order valence-electron chi connectivity index (χ2n) is 2.88. The Morgan fingerprint density at radius 3 is 2.92 bits per heavy atom. The minimum atomic E-state index is -0.900. The van der Waals surface area contributed by atoms with Gasteiger partial charge in [-0.3, -0.25) is 4.79 Å². The number of β-amino-alcohol motifs (C(OH)–C–C–N with tert-alkyl or cyclic N) is 1. The number of nitrogens with two attached hydrogens (primary N) is 1. The van der Waals surface area contributed by atoms with Crippen LogP contribution in [0.3, 0.4) is 0 Å². The summed E-state index contributed by atoms with van der Waals surface area (Å²) >= 11 is 0. The molecule has 1 heterocycles. The van der Waals surface area contributed by atoms with Crippen LogP contribution in [0.25, 0.3) is 0 Å². The van der Waals surface area contributed by atoms with Crippen LogP contribution in [0.2, 0.25) is 0 Å². The van der Waals surface area contributed by atoms with Crippen molar-refractivity contribution in [2.45, 2.75) is 12.5 Å².